The van der Waals surface area contributed by atoms with E-state index in [0.717, 1.165) is 67.5 Å². The Morgan fingerprint density at radius 2 is 1.80 bits per heavy atom. The number of benzene rings is 1. The molecule has 0 atom stereocenters. The molecule has 1 aromatic heterocycles. The van der Waals surface area contributed by atoms with Gasteiger partial charge >= 0.3 is 0 Å². The zero-order valence-electron chi connectivity index (χ0n) is 19.1. The molecular formula is C24H36ClN3O2. The quantitative estimate of drug-likeness (QED) is 0.420. The van der Waals surface area contributed by atoms with Crippen molar-refractivity contribution in [2.45, 2.75) is 72.8 Å². The van der Waals surface area contributed by atoms with Crippen LogP contribution in [0.3, 0.4) is 0 Å². The van der Waals surface area contributed by atoms with Crippen molar-refractivity contribution >= 4 is 40.0 Å². The van der Waals surface area contributed by atoms with Crippen LogP contribution >= 0.6 is 11.6 Å². The number of halogens is 1. The second-order valence-corrected chi connectivity index (χ2v) is 8.43. The fraction of sp³-hybridized carbons (Fsp3) is 0.583. The van der Waals surface area contributed by atoms with Crippen molar-refractivity contribution in [2.24, 2.45) is 0 Å². The molecule has 30 heavy (non-hydrogen) atoms. The number of unbranched alkanes of at least 4 members (excludes halogenated alkanes) is 3. The van der Waals surface area contributed by atoms with Crippen LogP contribution in [0, 0.1) is 6.92 Å². The number of aryl methyl sites for hydroxylation is 1. The minimum Gasteiger partial charge on any atom is -0.346 e. The van der Waals surface area contributed by atoms with Crippen molar-refractivity contribution in [1.29, 1.82) is 0 Å². The lowest BCUT2D eigenvalue weighted by Crippen LogP contribution is -2.30. The topological polar surface area (TPSA) is 45.6 Å². The molecule has 0 aliphatic carbocycles. The monoisotopic (exact) mass is 433 g/mol. The number of hydrogen-bond donors (Lipinski definition) is 0. The molecule has 0 unspecified atom stereocenters. The molecular weight excluding hydrogens is 398 g/mol. The Balaban J connectivity index is 2.04. The van der Waals surface area contributed by atoms with E-state index in [-0.39, 0.29) is 11.8 Å². The molecule has 0 fully saturated rings. The molecule has 0 saturated heterocycles. The Kier molecular flexibility index (Phi) is 9.22. The first-order valence-corrected chi connectivity index (χ1v) is 11.5. The predicted molar refractivity (Wildman–Crippen MR) is 126 cm³/mol. The van der Waals surface area contributed by atoms with Gasteiger partial charge in [0.15, 0.2) is 0 Å². The highest BCUT2D eigenvalue weighted by Crippen LogP contribution is 2.35. The number of amides is 2. The summed E-state index contributed by atoms with van der Waals surface area (Å²) >= 11 is 6.26. The van der Waals surface area contributed by atoms with Gasteiger partial charge in [0, 0.05) is 56.1 Å². The SMILES string of the molecule is CCCCN(C)C(=O)CCCCCN(C(C)=O)c1c(C)n(CC)c2ccc(Cl)cc12. The minimum atomic E-state index is 0.0311. The van der Waals surface area contributed by atoms with Gasteiger partial charge in [-0.25, -0.2) is 0 Å². The molecule has 0 aliphatic rings. The van der Waals surface area contributed by atoms with Gasteiger partial charge in [0.2, 0.25) is 11.8 Å². The maximum atomic E-state index is 12.5. The average molecular weight is 434 g/mol. The second kappa shape index (κ2) is 11.4. The highest BCUT2D eigenvalue weighted by Gasteiger charge is 2.21. The number of rotatable bonds is 11. The summed E-state index contributed by atoms with van der Waals surface area (Å²) in [5.74, 6) is 0.243. The van der Waals surface area contributed by atoms with Gasteiger partial charge in [0.05, 0.1) is 11.2 Å². The van der Waals surface area contributed by atoms with Gasteiger partial charge in [-0.05, 0) is 51.3 Å². The fourth-order valence-electron chi connectivity index (χ4n) is 4.05. The maximum absolute atomic E-state index is 12.5. The molecule has 0 N–H and O–H groups in total. The van der Waals surface area contributed by atoms with E-state index in [2.05, 4.69) is 25.3 Å². The van der Waals surface area contributed by atoms with Crippen molar-refractivity contribution in [3.8, 4) is 0 Å². The van der Waals surface area contributed by atoms with Crippen LogP contribution in [-0.4, -0.2) is 41.4 Å². The van der Waals surface area contributed by atoms with Gasteiger partial charge in [0.25, 0.3) is 0 Å². The van der Waals surface area contributed by atoms with Crippen LogP contribution in [0.4, 0.5) is 5.69 Å². The number of aromatic nitrogens is 1. The summed E-state index contributed by atoms with van der Waals surface area (Å²) in [6.07, 6.45) is 5.35. The number of fused-ring (bicyclic) bond motifs is 1. The molecule has 0 radical (unpaired) electrons. The largest absolute Gasteiger partial charge is 0.346 e. The van der Waals surface area contributed by atoms with Crippen LogP contribution < -0.4 is 4.90 Å². The zero-order chi connectivity index (χ0) is 22.3. The van der Waals surface area contributed by atoms with Crippen molar-refractivity contribution in [2.75, 3.05) is 25.0 Å². The highest BCUT2D eigenvalue weighted by molar-refractivity contribution is 6.31. The lowest BCUT2D eigenvalue weighted by Gasteiger charge is -2.22. The van der Waals surface area contributed by atoms with Crippen LogP contribution in [0.25, 0.3) is 10.9 Å². The first-order valence-electron chi connectivity index (χ1n) is 11.1. The Hall–Kier alpha value is -2.01. The van der Waals surface area contributed by atoms with Crippen molar-refractivity contribution in [3.63, 3.8) is 0 Å². The van der Waals surface area contributed by atoms with Gasteiger partial charge in [-0.15, -0.1) is 0 Å². The molecule has 1 heterocycles. The number of nitrogens with zero attached hydrogens (tertiary/aromatic N) is 3. The molecule has 0 aliphatic heterocycles. The molecule has 2 rings (SSSR count). The standard InChI is InChI=1S/C24H36ClN3O2/c1-6-8-15-26(5)23(30)12-10-9-11-16-28(19(4)29)24-18(3)27(7-2)22-14-13-20(25)17-21(22)24/h13-14,17H,6-12,15-16H2,1-5H3. The fourth-order valence-corrected chi connectivity index (χ4v) is 4.22. The van der Waals surface area contributed by atoms with Crippen LogP contribution in [0.15, 0.2) is 18.2 Å². The Bertz CT molecular complexity index is 875. The van der Waals surface area contributed by atoms with Gasteiger partial charge < -0.3 is 14.4 Å². The molecule has 166 valence electrons. The summed E-state index contributed by atoms with van der Waals surface area (Å²) < 4.78 is 2.22. The van der Waals surface area contributed by atoms with E-state index in [4.69, 9.17) is 11.6 Å². The normalized spacial score (nSPS) is 11.1. The maximum Gasteiger partial charge on any atom is 0.223 e. The number of anilines is 1. The van der Waals surface area contributed by atoms with E-state index in [9.17, 15) is 9.59 Å². The first kappa shape index (κ1) is 24.3. The Morgan fingerprint density at radius 1 is 1.07 bits per heavy atom. The number of hydrogen-bond acceptors (Lipinski definition) is 2. The third-order valence-corrected chi connectivity index (χ3v) is 6.00. The molecule has 5 nitrogen and oxygen atoms in total. The highest BCUT2D eigenvalue weighted by atomic mass is 35.5. The average Bonchev–Trinajstić information content (AvgIpc) is 2.98. The van der Waals surface area contributed by atoms with E-state index in [0.29, 0.717) is 18.0 Å². The van der Waals surface area contributed by atoms with Crippen LogP contribution in [-0.2, 0) is 16.1 Å². The third kappa shape index (κ3) is 5.78. The molecule has 6 heteroatoms. The van der Waals surface area contributed by atoms with Crippen molar-refractivity contribution in [3.05, 3.63) is 28.9 Å². The summed E-state index contributed by atoms with van der Waals surface area (Å²) in [5.41, 5.74) is 3.14. The van der Waals surface area contributed by atoms with E-state index >= 15 is 0 Å². The van der Waals surface area contributed by atoms with Gasteiger partial charge in [-0.2, -0.15) is 0 Å². The number of carbonyl (C=O) groups is 2. The summed E-state index contributed by atoms with van der Waals surface area (Å²) in [7, 11) is 1.88. The van der Waals surface area contributed by atoms with Crippen LogP contribution in [0.1, 0.15) is 65.0 Å². The minimum absolute atomic E-state index is 0.0311. The number of carbonyl (C=O) groups excluding carboxylic acids is 2. The van der Waals surface area contributed by atoms with Gasteiger partial charge in [-0.3, -0.25) is 9.59 Å². The summed E-state index contributed by atoms with van der Waals surface area (Å²) in [4.78, 5) is 28.4. The second-order valence-electron chi connectivity index (χ2n) is 7.99. The van der Waals surface area contributed by atoms with Crippen LogP contribution in [0.5, 0.6) is 0 Å². The van der Waals surface area contributed by atoms with Gasteiger partial charge in [0.1, 0.15) is 0 Å². The smallest absolute Gasteiger partial charge is 0.223 e. The molecule has 0 spiro atoms. The Morgan fingerprint density at radius 3 is 2.43 bits per heavy atom. The van der Waals surface area contributed by atoms with E-state index < -0.39 is 0 Å². The first-order chi connectivity index (χ1) is 14.3. The third-order valence-electron chi connectivity index (χ3n) is 5.76. The molecule has 0 saturated carbocycles. The molecule has 1 aromatic carbocycles. The summed E-state index contributed by atoms with van der Waals surface area (Å²) in [5, 5.41) is 1.69. The van der Waals surface area contributed by atoms with Gasteiger partial charge in [-0.1, -0.05) is 31.4 Å². The van der Waals surface area contributed by atoms with Crippen molar-refractivity contribution < 1.29 is 9.59 Å². The molecule has 0 bridgehead atoms. The lowest BCUT2D eigenvalue weighted by atomic mass is 10.1. The molecule has 2 aromatic rings. The Labute approximate surface area is 186 Å². The van der Waals surface area contributed by atoms with E-state index in [1.807, 2.05) is 35.0 Å². The lowest BCUT2D eigenvalue weighted by molar-refractivity contribution is -0.130. The van der Waals surface area contributed by atoms with Crippen molar-refractivity contribution in [1.82, 2.24) is 9.47 Å². The summed E-state index contributed by atoms with van der Waals surface area (Å²) in [6.45, 7) is 10.2. The zero-order valence-corrected chi connectivity index (χ0v) is 19.9. The van der Waals surface area contributed by atoms with E-state index in [1.54, 1.807) is 6.92 Å². The van der Waals surface area contributed by atoms with E-state index in [1.165, 1.54) is 0 Å². The van der Waals surface area contributed by atoms with Crippen LogP contribution in [0.2, 0.25) is 5.02 Å². The predicted octanol–water partition coefficient (Wildman–Crippen LogP) is 5.79. The summed E-state index contributed by atoms with van der Waals surface area (Å²) in [6, 6.07) is 5.87. The molecule has 2 amide bonds.